The first-order valence-corrected chi connectivity index (χ1v) is 7.32. The van der Waals surface area contributed by atoms with Crippen molar-refractivity contribution < 1.29 is 4.79 Å². The molecule has 1 aliphatic heterocycles. The SMILES string of the molecule is CCNc1cc(CN2CC(C(N)=O)CCC2C)ccn1. The molecule has 1 aromatic heterocycles. The van der Waals surface area contributed by atoms with Gasteiger partial charge in [0, 0.05) is 31.9 Å². The third-order valence-electron chi connectivity index (χ3n) is 3.98. The molecule has 2 atom stereocenters. The van der Waals surface area contributed by atoms with E-state index < -0.39 is 0 Å². The maximum Gasteiger partial charge on any atom is 0.221 e. The topological polar surface area (TPSA) is 71.2 Å². The van der Waals surface area contributed by atoms with Crippen molar-refractivity contribution in [2.45, 2.75) is 39.3 Å². The van der Waals surface area contributed by atoms with Gasteiger partial charge >= 0.3 is 0 Å². The van der Waals surface area contributed by atoms with Crippen LogP contribution < -0.4 is 11.1 Å². The highest BCUT2D eigenvalue weighted by molar-refractivity contribution is 5.77. The molecular weight excluding hydrogens is 252 g/mol. The van der Waals surface area contributed by atoms with Crippen LogP contribution in [0.4, 0.5) is 5.82 Å². The fourth-order valence-corrected chi connectivity index (χ4v) is 2.72. The molecule has 1 saturated heterocycles. The second kappa shape index (κ2) is 6.70. The lowest BCUT2D eigenvalue weighted by atomic mass is 9.92. The Labute approximate surface area is 120 Å². The number of nitrogens with one attached hydrogen (secondary N) is 1. The minimum Gasteiger partial charge on any atom is -0.370 e. The van der Waals surface area contributed by atoms with Crippen LogP contribution in [0.15, 0.2) is 18.3 Å². The lowest BCUT2D eigenvalue weighted by Crippen LogP contribution is -2.45. The van der Waals surface area contributed by atoms with Gasteiger partial charge in [-0.25, -0.2) is 4.98 Å². The third-order valence-corrected chi connectivity index (χ3v) is 3.98. The van der Waals surface area contributed by atoms with Gasteiger partial charge in [-0.1, -0.05) is 0 Å². The van der Waals surface area contributed by atoms with E-state index in [2.05, 4.69) is 35.1 Å². The molecule has 5 nitrogen and oxygen atoms in total. The Kier molecular flexibility index (Phi) is 4.95. The predicted molar refractivity (Wildman–Crippen MR) is 80.2 cm³/mol. The average molecular weight is 276 g/mol. The van der Waals surface area contributed by atoms with E-state index in [4.69, 9.17) is 5.73 Å². The zero-order chi connectivity index (χ0) is 14.5. The van der Waals surface area contributed by atoms with Crippen LogP contribution in [0.1, 0.15) is 32.3 Å². The van der Waals surface area contributed by atoms with Crippen LogP contribution >= 0.6 is 0 Å². The summed E-state index contributed by atoms with van der Waals surface area (Å²) in [6, 6.07) is 4.59. The molecule has 1 aromatic rings. The lowest BCUT2D eigenvalue weighted by molar-refractivity contribution is -0.124. The van der Waals surface area contributed by atoms with Gasteiger partial charge in [0.15, 0.2) is 0 Å². The minimum absolute atomic E-state index is 0.0127. The van der Waals surface area contributed by atoms with E-state index >= 15 is 0 Å². The Morgan fingerprint density at radius 2 is 2.35 bits per heavy atom. The highest BCUT2D eigenvalue weighted by Gasteiger charge is 2.28. The van der Waals surface area contributed by atoms with Crippen LogP contribution in [0, 0.1) is 5.92 Å². The molecule has 3 N–H and O–H groups in total. The highest BCUT2D eigenvalue weighted by atomic mass is 16.1. The van der Waals surface area contributed by atoms with Crippen molar-refractivity contribution in [2.75, 3.05) is 18.4 Å². The quantitative estimate of drug-likeness (QED) is 0.857. The molecule has 20 heavy (non-hydrogen) atoms. The van der Waals surface area contributed by atoms with Crippen molar-refractivity contribution in [3.63, 3.8) is 0 Å². The van der Waals surface area contributed by atoms with Crippen molar-refractivity contribution in [1.29, 1.82) is 0 Å². The van der Waals surface area contributed by atoms with E-state index in [0.29, 0.717) is 6.04 Å². The number of hydrogen-bond donors (Lipinski definition) is 2. The number of nitrogens with zero attached hydrogens (tertiary/aromatic N) is 2. The number of rotatable bonds is 5. The van der Waals surface area contributed by atoms with Crippen molar-refractivity contribution in [2.24, 2.45) is 11.7 Å². The number of carbonyl (C=O) groups is 1. The Hall–Kier alpha value is -1.62. The molecule has 0 aromatic carbocycles. The Balaban J connectivity index is 2.03. The summed E-state index contributed by atoms with van der Waals surface area (Å²) in [5, 5.41) is 3.22. The zero-order valence-corrected chi connectivity index (χ0v) is 12.3. The number of piperidine rings is 1. The van der Waals surface area contributed by atoms with Crippen molar-refractivity contribution in [3.05, 3.63) is 23.9 Å². The van der Waals surface area contributed by atoms with Gasteiger partial charge in [0.05, 0.1) is 5.92 Å². The number of anilines is 1. The summed E-state index contributed by atoms with van der Waals surface area (Å²) >= 11 is 0. The largest absolute Gasteiger partial charge is 0.370 e. The molecule has 0 aliphatic carbocycles. The van der Waals surface area contributed by atoms with Gasteiger partial charge in [-0.3, -0.25) is 9.69 Å². The van der Waals surface area contributed by atoms with Crippen molar-refractivity contribution in [1.82, 2.24) is 9.88 Å². The number of carbonyl (C=O) groups excluding carboxylic acids is 1. The summed E-state index contributed by atoms with van der Waals surface area (Å²) in [5.41, 5.74) is 6.66. The number of nitrogens with two attached hydrogens (primary N) is 1. The zero-order valence-electron chi connectivity index (χ0n) is 12.3. The maximum absolute atomic E-state index is 11.4. The smallest absolute Gasteiger partial charge is 0.221 e. The number of hydrogen-bond acceptors (Lipinski definition) is 4. The summed E-state index contributed by atoms with van der Waals surface area (Å²) in [6.45, 7) is 6.73. The van der Waals surface area contributed by atoms with Crippen LogP contribution in [0.5, 0.6) is 0 Å². The van der Waals surface area contributed by atoms with Crippen LogP contribution in [-0.2, 0) is 11.3 Å². The van der Waals surface area contributed by atoms with Gasteiger partial charge in [-0.2, -0.15) is 0 Å². The molecule has 0 spiro atoms. The van der Waals surface area contributed by atoms with Gasteiger partial charge in [0.2, 0.25) is 5.91 Å². The van der Waals surface area contributed by atoms with Gasteiger partial charge < -0.3 is 11.1 Å². The summed E-state index contributed by atoms with van der Waals surface area (Å²) in [5.74, 6) is 0.715. The summed E-state index contributed by atoms with van der Waals surface area (Å²) in [4.78, 5) is 18.0. The van der Waals surface area contributed by atoms with Gasteiger partial charge in [0.1, 0.15) is 5.82 Å². The summed E-state index contributed by atoms with van der Waals surface area (Å²) in [7, 11) is 0. The number of likely N-dealkylation sites (tertiary alicyclic amines) is 1. The molecule has 0 radical (unpaired) electrons. The van der Waals surface area contributed by atoms with Crippen LogP contribution in [0.25, 0.3) is 0 Å². The van der Waals surface area contributed by atoms with Gasteiger partial charge in [-0.05, 0) is 44.4 Å². The lowest BCUT2D eigenvalue weighted by Gasteiger charge is -2.36. The molecular formula is C15H24N4O. The minimum atomic E-state index is -0.176. The highest BCUT2D eigenvalue weighted by Crippen LogP contribution is 2.23. The molecule has 110 valence electrons. The molecule has 1 amide bonds. The molecule has 5 heteroatoms. The molecule has 2 unspecified atom stereocenters. The number of aromatic nitrogens is 1. The first-order chi connectivity index (χ1) is 9.60. The maximum atomic E-state index is 11.4. The second-order valence-electron chi connectivity index (χ2n) is 5.53. The van der Waals surface area contributed by atoms with E-state index in [1.165, 1.54) is 5.56 Å². The number of pyridine rings is 1. The van der Waals surface area contributed by atoms with Gasteiger partial charge in [-0.15, -0.1) is 0 Å². The normalized spacial score (nSPS) is 23.5. The molecule has 2 rings (SSSR count). The van der Waals surface area contributed by atoms with Crippen molar-refractivity contribution >= 4 is 11.7 Å². The van der Waals surface area contributed by atoms with E-state index in [0.717, 1.165) is 38.3 Å². The summed E-state index contributed by atoms with van der Waals surface area (Å²) < 4.78 is 0. The molecule has 0 bridgehead atoms. The monoisotopic (exact) mass is 276 g/mol. The molecule has 1 aliphatic rings. The van der Waals surface area contributed by atoms with E-state index in [1.807, 2.05) is 12.3 Å². The fourth-order valence-electron chi connectivity index (χ4n) is 2.72. The van der Waals surface area contributed by atoms with Gasteiger partial charge in [0.25, 0.3) is 0 Å². The van der Waals surface area contributed by atoms with Crippen LogP contribution in [0.2, 0.25) is 0 Å². The van der Waals surface area contributed by atoms with E-state index in [9.17, 15) is 4.79 Å². The first kappa shape index (κ1) is 14.8. The fraction of sp³-hybridized carbons (Fsp3) is 0.600. The third kappa shape index (κ3) is 3.70. The van der Waals surface area contributed by atoms with Crippen molar-refractivity contribution in [3.8, 4) is 0 Å². The average Bonchev–Trinajstić information content (AvgIpc) is 2.42. The Morgan fingerprint density at radius 3 is 3.05 bits per heavy atom. The Bertz CT molecular complexity index is 463. The van der Waals surface area contributed by atoms with Crippen LogP contribution in [0.3, 0.4) is 0 Å². The molecule has 2 heterocycles. The predicted octanol–water partition coefficient (Wildman–Crippen LogP) is 1.60. The van der Waals surface area contributed by atoms with Crippen LogP contribution in [-0.4, -0.2) is 34.9 Å². The molecule has 0 saturated carbocycles. The first-order valence-electron chi connectivity index (χ1n) is 7.32. The standard InChI is InChI=1S/C15H24N4O/c1-3-17-14-8-12(6-7-18-14)9-19-10-13(15(16)20)5-4-11(19)2/h6-8,11,13H,3-5,9-10H2,1-2H3,(H2,16,20)(H,17,18). The second-order valence-corrected chi connectivity index (χ2v) is 5.53. The Morgan fingerprint density at radius 1 is 1.55 bits per heavy atom. The van der Waals surface area contributed by atoms with E-state index in [-0.39, 0.29) is 11.8 Å². The summed E-state index contributed by atoms with van der Waals surface area (Å²) in [6.07, 6.45) is 3.76. The number of amides is 1. The number of primary amides is 1. The molecule has 1 fully saturated rings. The van der Waals surface area contributed by atoms with E-state index in [1.54, 1.807) is 0 Å².